The summed E-state index contributed by atoms with van der Waals surface area (Å²) in [4.78, 5) is 0. The second kappa shape index (κ2) is 15.5. The summed E-state index contributed by atoms with van der Waals surface area (Å²) in [6.45, 7) is 9.66. The highest BCUT2D eigenvalue weighted by atomic mass is 16.5. The Bertz CT molecular complexity index is 767. The minimum atomic E-state index is 0.748. The summed E-state index contributed by atoms with van der Waals surface area (Å²) in [5.41, 5.74) is 3.44. The van der Waals surface area contributed by atoms with E-state index in [9.17, 15) is 0 Å². The Hall–Kier alpha value is -2.26. The van der Waals surface area contributed by atoms with Gasteiger partial charge >= 0.3 is 0 Å². The SMILES string of the molecule is CCCCOCC/C=C/c1cc(-c2cccc(OCCCC)c2)ccc1OCCCC. The first-order valence-corrected chi connectivity index (χ1v) is 12.0. The molecule has 2 aromatic rings. The topological polar surface area (TPSA) is 27.7 Å². The quantitative estimate of drug-likeness (QED) is 0.256. The first-order chi connectivity index (χ1) is 15.3. The molecular formula is C28H40O3. The van der Waals surface area contributed by atoms with E-state index in [1.807, 2.05) is 6.07 Å². The average Bonchev–Trinajstić information content (AvgIpc) is 2.80. The summed E-state index contributed by atoms with van der Waals surface area (Å²) in [7, 11) is 0. The zero-order chi connectivity index (χ0) is 22.2. The predicted octanol–water partition coefficient (Wildman–Crippen LogP) is 7.93. The molecule has 2 aromatic carbocycles. The lowest BCUT2D eigenvalue weighted by Gasteiger charge is -2.12. The maximum atomic E-state index is 6.06. The van der Waals surface area contributed by atoms with Gasteiger partial charge < -0.3 is 14.2 Å². The van der Waals surface area contributed by atoms with Crippen LogP contribution in [0.1, 0.15) is 71.3 Å². The molecule has 0 aliphatic heterocycles. The second-order valence-electron chi connectivity index (χ2n) is 7.84. The van der Waals surface area contributed by atoms with Gasteiger partial charge in [-0.05, 0) is 61.1 Å². The fourth-order valence-electron chi connectivity index (χ4n) is 3.13. The molecule has 0 unspecified atom stereocenters. The predicted molar refractivity (Wildman–Crippen MR) is 132 cm³/mol. The third-order valence-corrected chi connectivity index (χ3v) is 5.07. The van der Waals surface area contributed by atoms with Gasteiger partial charge in [0.1, 0.15) is 11.5 Å². The van der Waals surface area contributed by atoms with E-state index in [1.165, 1.54) is 12.0 Å². The molecule has 3 heteroatoms. The Morgan fingerprint density at radius 2 is 1.42 bits per heavy atom. The Labute approximate surface area is 189 Å². The summed E-state index contributed by atoms with van der Waals surface area (Å²) in [5, 5.41) is 0. The van der Waals surface area contributed by atoms with Crippen LogP contribution in [0.15, 0.2) is 48.5 Å². The van der Waals surface area contributed by atoms with Crippen molar-refractivity contribution in [2.24, 2.45) is 0 Å². The van der Waals surface area contributed by atoms with E-state index in [-0.39, 0.29) is 0 Å². The highest BCUT2D eigenvalue weighted by Crippen LogP contribution is 2.30. The van der Waals surface area contributed by atoms with E-state index >= 15 is 0 Å². The molecule has 0 N–H and O–H groups in total. The Balaban J connectivity index is 2.12. The number of hydrogen-bond acceptors (Lipinski definition) is 3. The molecule has 0 aromatic heterocycles. The summed E-state index contributed by atoms with van der Waals surface area (Å²) in [6, 6.07) is 14.8. The molecule has 0 aliphatic carbocycles. The summed E-state index contributed by atoms with van der Waals surface area (Å²) in [6.07, 6.45) is 12.0. The lowest BCUT2D eigenvalue weighted by molar-refractivity contribution is 0.136. The van der Waals surface area contributed by atoms with Crippen LogP contribution < -0.4 is 9.47 Å². The van der Waals surface area contributed by atoms with Gasteiger partial charge in [0.15, 0.2) is 0 Å². The molecule has 2 rings (SSSR count). The van der Waals surface area contributed by atoms with Gasteiger partial charge in [-0.3, -0.25) is 0 Å². The second-order valence-corrected chi connectivity index (χ2v) is 7.84. The number of hydrogen-bond donors (Lipinski definition) is 0. The Kier molecular flexibility index (Phi) is 12.5. The standard InChI is InChI=1S/C28H40O3/c1-4-7-18-29-19-11-10-13-26-22-25(16-17-28(26)31-21-9-6-3)24-14-12-15-27(23-24)30-20-8-5-2/h10,12-17,22-23H,4-9,11,18-21H2,1-3H3/b13-10+. The van der Waals surface area contributed by atoms with Gasteiger partial charge in [0.25, 0.3) is 0 Å². The first-order valence-electron chi connectivity index (χ1n) is 12.0. The van der Waals surface area contributed by atoms with Crippen LogP contribution in [-0.2, 0) is 4.74 Å². The Morgan fingerprint density at radius 1 is 0.710 bits per heavy atom. The zero-order valence-corrected chi connectivity index (χ0v) is 19.7. The third kappa shape index (κ3) is 9.61. The largest absolute Gasteiger partial charge is 0.494 e. The molecule has 0 spiro atoms. The van der Waals surface area contributed by atoms with Crippen LogP contribution >= 0.6 is 0 Å². The lowest BCUT2D eigenvalue weighted by Crippen LogP contribution is -1.99. The van der Waals surface area contributed by atoms with Gasteiger partial charge in [0, 0.05) is 12.2 Å². The van der Waals surface area contributed by atoms with Crippen molar-refractivity contribution in [3.8, 4) is 22.6 Å². The van der Waals surface area contributed by atoms with Crippen molar-refractivity contribution in [3.05, 3.63) is 54.1 Å². The van der Waals surface area contributed by atoms with Gasteiger partial charge in [-0.25, -0.2) is 0 Å². The van der Waals surface area contributed by atoms with Crippen molar-refractivity contribution in [2.45, 2.75) is 65.7 Å². The molecular weight excluding hydrogens is 384 g/mol. The number of rotatable bonds is 16. The summed E-state index contributed by atoms with van der Waals surface area (Å²) in [5.74, 6) is 1.87. The van der Waals surface area contributed by atoms with Gasteiger partial charge in [0.05, 0.1) is 19.8 Å². The number of benzene rings is 2. The van der Waals surface area contributed by atoms with Crippen molar-refractivity contribution in [3.63, 3.8) is 0 Å². The number of ether oxygens (including phenoxy) is 3. The van der Waals surface area contributed by atoms with Gasteiger partial charge in [-0.2, -0.15) is 0 Å². The van der Waals surface area contributed by atoms with Crippen LogP contribution in [0.25, 0.3) is 17.2 Å². The average molecular weight is 425 g/mol. The van der Waals surface area contributed by atoms with Crippen molar-refractivity contribution in [1.29, 1.82) is 0 Å². The monoisotopic (exact) mass is 424 g/mol. The highest BCUT2D eigenvalue weighted by molar-refractivity contribution is 5.71. The molecule has 0 fully saturated rings. The van der Waals surface area contributed by atoms with Gasteiger partial charge in [-0.1, -0.05) is 70.4 Å². The van der Waals surface area contributed by atoms with Crippen LogP contribution in [-0.4, -0.2) is 26.4 Å². The Morgan fingerprint density at radius 3 is 2.19 bits per heavy atom. The molecule has 31 heavy (non-hydrogen) atoms. The molecule has 0 heterocycles. The molecule has 0 bridgehead atoms. The van der Waals surface area contributed by atoms with E-state index in [0.29, 0.717) is 0 Å². The molecule has 0 saturated heterocycles. The van der Waals surface area contributed by atoms with E-state index in [2.05, 4.69) is 69.3 Å². The maximum absolute atomic E-state index is 6.06. The van der Waals surface area contributed by atoms with Gasteiger partial charge in [0.2, 0.25) is 0 Å². The van der Waals surface area contributed by atoms with E-state index in [4.69, 9.17) is 14.2 Å². The highest BCUT2D eigenvalue weighted by Gasteiger charge is 2.06. The molecule has 0 radical (unpaired) electrons. The smallest absolute Gasteiger partial charge is 0.126 e. The summed E-state index contributed by atoms with van der Waals surface area (Å²) < 4.78 is 17.6. The third-order valence-electron chi connectivity index (χ3n) is 5.07. The molecule has 0 saturated carbocycles. The molecule has 170 valence electrons. The van der Waals surface area contributed by atoms with Crippen LogP contribution in [0.2, 0.25) is 0 Å². The van der Waals surface area contributed by atoms with E-state index in [0.717, 1.165) is 87.6 Å². The van der Waals surface area contributed by atoms with Crippen LogP contribution in [0, 0.1) is 0 Å². The van der Waals surface area contributed by atoms with E-state index in [1.54, 1.807) is 0 Å². The first kappa shape index (κ1) is 25.0. The van der Waals surface area contributed by atoms with E-state index < -0.39 is 0 Å². The van der Waals surface area contributed by atoms with Crippen molar-refractivity contribution >= 4 is 6.08 Å². The summed E-state index contributed by atoms with van der Waals surface area (Å²) >= 11 is 0. The lowest BCUT2D eigenvalue weighted by atomic mass is 10.0. The van der Waals surface area contributed by atoms with Crippen molar-refractivity contribution in [1.82, 2.24) is 0 Å². The fraction of sp³-hybridized carbons (Fsp3) is 0.500. The van der Waals surface area contributed by atoms with Crippen molar-refractivity contribution in [2.75, 3.05) is 26.4 Å². The number of unbranched alkanes of at least 4 members (excludes halogenated alkanes) is 3. The van der Waals surface area contributed by atoms with Gasteiger partial charge in [-0.15, -0.1) is 0 Å². The normalized spacial score (nSPS) is 11.2. The minimum Gasteiger partial charge on any atom is -0.494 e. The van der Waals surface area contributed by atoms with Crippen LogP contribution in [0.4, 0.5) is 0 Å². The fourth-order valence-corrected chi connectivity index (χ4v) is 3.13. The van der Waals surface area contributed by atoms with Crippen LogP contribution in [0.3, 0.4) is 0 Å². The molecule has 0 amide bonds. The molecule has 0 aliphatic rings. The minimum absolute atomic E-state index is 0.748. The molecule has 0 atom stereocenters. The molecule has 3 nitrogen and oxygen atoms in total. The van der Waals surface area contributed by atoms with Crippen molar-refractivity contribution < 1.29 is 14.2 Å². The maximum Gasteiger partial charge on any atom is 0.126 e. The van der Waals surface area contributed by atoms with Crippen LogP contribution in [0.5, 0.6) is 11.5 Å². The zero-order valence-electron chi connectivity index (χ0n) is 19.7.